The lowest BCUT2D eigenvalue weighted by molar-refractivity contribution is 0.660. The van der Waals surface area contributed by atoms with Crippen molar-refractivity contribution in [3.05, 3.63) is 60.4 Å². The SMILES string of the molecule is C=CCn1c(SCc2cccc(C)c2)nnc1-c1cnn(CC)c1. The van der Waals surface area contributed by atoms with Crippen molar-refractivity contribution in [2.45, 2.75) is 37.8 Å². The number of thioether (sulfide) groups is 1. The van der Waals surface area contributed by atoms with E-state index in [1.807, 2.05) is 23.2 Å². The smallest absolute Gasteiger partial charge is 0.192 e. The van der Waals surface area contributed by atoms with Crippen LogP contribution in [0, 0.1) is 6.92 Å². The molecule has 2 heterocycles. The van der Waals surface area contributed by atoms with E-state index in [-0.39, 0.29) is 0 Å². The zero-order valence-electron chi connectivity index (χ0n) is 14.0. The Bertz CT molecular complexity index is 834. The maximum absolute atomic E-state index is 4.37. The molecule has 0 bridgehead atoms. The minimum atomic E-state index is 0.676. The van der Waals surface area contributed by atoms with Crippen molar-refractivity contribution in [1.82, 2.24) is 24.5 Å². The summed E-state index contributed by atoms with van der Waals surface area (Å²) in [4.78, 5) is 0. The molecule has 6 heteroatoms. The summed E-state index contributed by atoms with van der Waals surface area (Å²) in [6.45, 7) is 9.54. The first-order valence-electron chi connectivity index (χ1n) is 7.96. The van der Waals surface area contributed by atoms with Crippen molar-refractivity contribution in [2.24, 2.45) is 0 Å². The molecule has 0 aliphatic rings. The Balaban J connectivity index is 1.84. The van der Waals surface area contributed by atoms with Crippen molar-refractivity contribution in [2.75, 3.05) is 0 Å². The van der Waals surface area contributed by atoms with Crippen LogP contribution in [0.1, 0.15) is 18.1 Å². The first kappa shape index (κ1) is 16.5. The number of rotatable bonds is 7. The van der Waals surface area contributed by atoms with Gasteiger partial charge in [0.25, 0.3) is 0 Å². The minimum Gasteiger partial charge on any atom is -0.298 e. The monoisotopic (exact) mass is 339 g/mol. The van der Waals surface area contributed by atoms with E-state index in [0.717, 1.165) is 28.8 Å². The maximum Gasteiger partial charge on any atom is 0.192 e. The molecular formula is C18H21N5S. The van der Waals surface area contributed by atoms with Crippen LogP contribution in [0.2, 0.25) is 0 Å². The largest absolute Gasteiger partial charge is 0.298 e. The lowest BCUT2D eigenvalue weighted by atomic mass is 10.2. The molecule has 0 aliphatic carbocycles. The molecule has 24 heavy (non-hydrogen) atoms. The molecule has 0 spiro atoms. The Morgan fingerprint density at radius 2 is 2.17 bits per heavy atom. The number of hydrogen-bond donors (Lipinski definition) is 0. The second kappa shape index (κ2) is 7.49. The van der Waals surface area contributed by atoms with Crippen molar-refractivity contribution in [3.8, 4) is 11.4 Å². The van der Waals surface area contributed by atoms with Crippen LogP contribution in [-0.4, -0.2) is 24.5 Å². The highest BCUT2D eigenvalue weighted by atomic mass is 32.2. The molecule has 1 aromatic carbocycles. The first-order valence-corrected chi connectivity index (χ1v) is 8.95. The van der Waals surface area contributed by atoms with Crippen LogP contribution in [0.3, 0.4) is 0 Å². The second-order valence-corrected chi connectivity index (χ2v) is 6.51. The van der Waals surface area contributed by atoms with Crippen LogP contribution in [0.25, 0.3) is 11.4 Å². The van der Waals surface area contributed by atoms with E-state index in [9.17, 15) is 0 Å². The van der Waals surface area contributed by atoms with Gasteiger partial charge in [0.1, 0.15) is 0 Å². The third kappa shape index (κ3) is 3.59. The molecule has 0 fully saturated rings. The van der Waals surface area contributed by atoms with E-state index in [0.29, 0.717) is 6.54 Å². The Morgan fingerprint density at radius 1 is 1.29 bits per heavy atom. The van der Waals surface area contributed by atoms with Gasteiger partial charge < -0.3 is 0 Å². The van der Waals surface area contributed by atoms with Gasteiger partial charge in [0.15, 0.2) is 11.0 Å². The standard InChI is InChI=1S/C18H21N5S/c1-4-9-23-17(16-11-19-22(5-2)12-16)20-21-18(23)24-13-15-8-6-7-14(3)10-15/h4,6-8,10-12H,1,5,9,13H2,2-3H3. The number of aryl methyl sites for hydroxylation is 2. The van der Waals surface area contributed by atoms with Gasteiger partial charge in [-0.1, -0.05) is 47.7 Å². The fourth-order valence-electron chi connectivity index (χ4n) is 2.50. The first-order chi connectivity index (χ1) is 11.7. The summed E-state index contributed by atoms with van der Waals surface area (Å²) in [5.74, 6) is 1.70. The summed E-state index contributed by atoms with van der Waals surface area (Å²) in [5, 5.41) is 14.0. The summed E-state index contributed by atoms with van der Waals surface area (Å²) >= 11 is 1.69. The number of hydrogen-bond acceptors (Lipinski definition) is 4. The molecule has 0 saturated carbocycles. The van der Waals surface area contributed by atoms with E-state index in [4.69, 9.17) is 0 Å². The topological polar surface area (TPSA) is 48.5 Å². The van der Waals surface area contributed by atoms with Gasteiger partial charge in [-0.25, -0.2) is 0 Å². The van der Waals surface area contributed by atoms with Gasteiger partial charge in [-0.15, -0.1) is 16.8 Å². The predicted molar refractivity (Wildman–Crippen MR) is 97.9 cm³/mol. The number of allylic oxidation sites excluding steroid dienone is 1. The van der Waals surface area contributed by atoms with Gasteiger partial charge in [-0.3, -0.25) is 9.25 Å². The molecule has 3 rings (SSSR count). The van der Waals surface area contributed by atoms with Crippen LogP contribution < -0.4 is 0 Å². The van der Waals surface area contributed by atoms with Crippen LogP contribution in [0.15, 0.2) is 54.5 Å². The number of benzene rings is 1. The fraction of sp³-hybridized carbons (Fsp3) is 0.278. The molecule has 124 valence electrons. The summed E-state index contributed by atoms with van der Waals surface area (Å²) in [5.41, 5.74) is 3.54. The minimum absolute atomic E-state index is 0.676. The number of aromatic nitrogens is 5. The van der Waals surface area contributed by atoms with Crippen LogP contribution in [0.4, 0.5) is 0 Å². The van der Waals surface area contributed by atoms with Crippen molar-refractivity contribution in [1.29, 1.82) is 0 Å². The molecule has 0 radical (unpaired) electrons. The van der Waals surface area contributed by atoms with Gasteiger partial charge >= 0.3 is 0 Å². The van der Waals surface area contributed by atoms with Gasteiger partial charge in [0, 0.05) is 25.0 Å². The van der Waals surface area contributed by atoms with Gasteiger partial charge in [0.2, 0.25) is 0 Å². The zero-order chi connectivity index (χ0) is 16.9. The molecule has 0 saturated heterocycles. The van der Waals surface area contributed by atoms with E-state index >= 15 is 0 Å². The quantitative estimate of drug-likeness (QED) is 0.483. The molecular weight excluding hydrogens is 318 g/mol. The molecule has 0 N–H and O–H groups in total. The van der Waals surface area contributed by atoms with Gasteiger partial charge in [-0.05, 0) is 19.4 Å². The highest BCUT2D eigenvalue weighted by molar-refractivity contribution is 7.98. The van der Waals surface area contributed by atoms with Gasteiger partial charge in [-0.2, -0.15) is 5.10 Å². The van der Waals surface area contributed by atoms with Crippen molar-refractivity contribution < 1.29 is 0 Å². The Morgan fingerprint density at radius 3 is 2.88 bits per heavy atom. The van der Waals surface area contributed by atoms with Crippen LogP contribution in [0.5, 0.6) is 0 Å². The highest BCUT2D eigenvalue weighted by Gasteiger charge is 2.15. The molecule has 2 aromatic heterocycles. The molecule has 0 aliphatic heterocycles. The van der Waals surface area contributed by atoms with E-state index < -0.39 is 0 Å². The summed E-state index contributed by atoms with van der Waals surface area (Å²) in [6, 6.07) is 8.54. The predicted octanol–water partition coefficient (Wildman–Crippen LogP) is 3.95. The Hall–Kier alpha value is -2.34. The average molecular weight is 339 g/mol. The van der Waals surface area contributed by atoms with Crippen LogP contribution >= 0.6 is 11.8 Å². The Kier molecular flexibility index (Phi) is 5.15. The molecule has 5 nitrogen and oxygen atoms in total. The van der Waals surface area contributed by atoms with E-state index in [1.165, 1.54) is 11.1 Å². The molecule has 0 unspecified atom stereocenters. The van der Waals surface area contributed by atoms with Gasteiger partial charge in [0.05, 0.1) is 11.8 Å². The average Bonchev–Trinajstić information content (AvgIpc) is 3.20. The van der Waals surface area contributed by atoms with E-state index in [2.05, 4.69) is 64.6 Å². The third-order valence-electron chi connectivity index (χ3n) is 3.69. The lowest BCUT2D eigenvalue weighted by Gasteiger charge is -2.07. The Labute approximate surface area is 146 Å². The molecule has 0 atom stereocenters. The van der Waals surface area contributed by atoms with Crippen molar-refractivity contribution in [3.63, 3.8) is 0 Å². The zero-order valence-corrected chi connectivity index (χ0v) is 14.8. The summed E-state index contributed by atoms with van der Waals surface area (Å²) in [7, 11) is 0. The second-order valence-electron chi connectivity index (χ2n) is 5.57. The normalized spacial score (nSPS) is 10.9. The number of nitrogens with zero attached hydrogens (tertiary/aromatic N) is 5. The lowest BCUT2D eigenvalue weighted by Crippen LogP contribution is -2.00. The highest BCUT2D eigenvalue weighted by Crippen LogP contribution is 2.26. The van der Waals surface area contributed by atoms with Crippen molar-refractivity contribution >= 4 is 11.8 Å². The molecule has 0 amide bonds. The fourth-order valence-corrected chi connectivity index (χ4v) is 3.40. The third-order valence-corrected chi connectivity index (χ3v) is 4.73. The summed E-state index contributed by atoms with van der Waals surface area (Å²) in [6.07, 6.45) is 5.70. The maximum atomic E-state index is 4.37. The van der Waals surface area contributed by atoms with E-state index in [1.54, 1.807) is 11.8 Å². The van der Waals surface area contributed by atoms with Crippen LogP contribution in [-0.2, 0) is 18.8 Å². The molecule has 3 aromatic rings. The summed E-state index contributed by atoms with van der Waals surface area (Å²) < 4.78 is 3.98.